The fourth-order valence-electron chi connectivity index (χ4n) is 6.33. The second kappa shape index (κ2) is 7.08. The second-order valence-electron chi connectivity index (χ2n) is 9.76. The molecule has 34 heavy (non-hydrogen) atoms. The van der Waals surface area contributed by atoms with E-state index < -0.39 is 0 Å². The lowest BCUT2D eigenvalue weighted by Gasteiger charge is -2.09. The summed E-state index contributed by atoms with van der Waals surface area (Å²) in [6.07, 6.45) is 5.24. The second-order valence-corrected chi connectivity index (χ2v) is 9.76. The van der Waals surface area contributed by atoms with Crippen molar-refractivity contribution < 1.29 is 0 Å². The van der Waals surface area contributed by atoms with Crippen LogP contribution in [0.15, 0.2) is 79.4 Å². The molecule has 2 aromatic heterocycles. The Morgan fingerprint density at radius 2 is 1.62 bits per heavy atom. The van der Waals surface area contributed by atoms with Crippen molar-refractivity contribution in [2.75, 3.05) is 0 Å². The summed E-state index contributed by atoms with van der Waals surface area (Å²) >= 11 is 0. The molecule has 1 heteroatoms. The van der Waals surface area contributed by atoms with Crippen LogP contribution in [0.4, 0.5) is 0 Å². The van der Waals surface area contributed by atoms with Gasteiger partial charge < -0.3 is 4.40 Å². The van der Waals surface area contributed by atoms with Gasteiger partial charge >= 0.3 is 0 Å². The quantitative estimate of drug-likeness (QED) is 0.259. The zero-order valence-corrected chi connectivity index (χ0v) is 19.8. The van der Waals surface area contributed by atoms with E-state index >= 15 is 0 Å². The summed E-state index contributed by atoms with van der Waals surface area (Å²) in [5.41, 5.74) is 15.0. The Morgan fingerprint density at radius 1 is 0.853 bits per heavy atom. The van der Waals surface area contributed by atoms with Crippen LogP contribution < -0.4 is 0 Å². The number of rotatable bonds is 4. The van der Waals surface area contributed by atoms with Crippen molar-refractivity contribution in [2.45, 2.75) is 33.1 Å². The van der Waals surface area contributed by atoms with Gasteiger partial charge in [0.15, 0.2) is 0 Å². The lowest BCUT2D eigenvalue weighted by Crippen LogP contribution is -1.92. The van der Waals surface area contributed by atoms with Crippen molar-refractivity contribution in [1.82, 2.24) is 4.40 Å². The first-order valence-electron chi connectivity index (χ1n) is 12.3. The molecular weight excluding hydrogens is 410 g/mol. The van der Waals surface area contributed by atoms with Crippen LogP contribution in [0.1, 0.15) is 41.3 Å². The molecule has 0 fully saturated rings. The Balaban J connectivity index is 1.52. The van der Waals surface area contributed by atoms with Crippen LogP contribution in [0.25, 0.3) is 55.5 Å². The predicted octanol–water partition coefficient (Wildman–Crippen LogP) is 8.83. The lowest BCUT2D eigenvalue weighted by atomic mass is 9.94. The summed E-state index contributed by atoms with van der Waals surface area (Å²) in [4.78, 5) is 0. The normalized spacial score (nSPS) is 12.6. The van der Waals surface area contributed by atoms with Gasteiger partial charge in [0.25, 0.3) is 0 Å². The maximum atomic E-state index is 4.18. The first-order valence-corrected chi connectivity index (χ1v) is 12.3. The molecule has 0 atom stereocenters. The van der Waals surface area contributed by atoms with Gasteiger partial charge in [-0.25, -0.2) is 0 Å². The smallest absolute Gasteiger partial charge is 0.0623 e. The van der Waals surface area contributed by atoms with E-state index in [-0.39, 0.29) is 0 Å². The topological polar surface area (TPSA) is 4.41 Å². The molecule has 1 aliphatic carbocycles. The number of benzene rings is 4. The number of aromatic nitrogens is 1. The van der Waals surface area contributed by atoms with Crippen LogP contribution in [0.5, 0.6) is 0 Å². The average Bonchev–Trinajstić information content (AvgIpc) is 3.49. The number of fused-ring (bicyclic) bond motifs is 6. The zero-order chi connectivity index (χ0) is 23.0. The van der Waals surface area contributed by atoms with Crippen molar-refractivity contribution in [3.63, 3.8) is 0 Å². The van der Waals surface area contributed by atoms with Crippen molar-refractivity contribution in [1.29, 1.82) is 0 Å². The van der Waals surface area contributed by atoms with E-state index in [1.807, 2.05) is 0 Å². The van der Waals surface area contributed by atoms with E-state index in [1.165, 1.54) is 77.4 Å². The molecule has 2 heterocycles. The summed E-state index contributed by atoms with van der Waals surface area (Å²) in [7, 11) is 0. The molecule has 6 aromatic rings. The number of para-hydroxylation sites is 1. The van der Waals surface area contributed by atoms with Crippen LogP contribution in [0, 0.1) is 6.92 Å². The van der Waals surface area contributed by atoms with Gasteiger partial charge in [0, 0.05) is 27.4 Å². The minimum Gasteiger partial charge on any atom is -0.312 e. The highest BCUT2D eigenvalue weighted by molar-refractivity contribution is 6.22. The number of hydrogen-bond acceptors (Lipinski definition) is 0. The van der Waals surface area contributed by atoms with Crippen molar-refractivity contribution in [3.8, 4) is 22.3 Å². The van der Waals surface area contributed by atoms with Gasteiger partial charge in [-0.3, -0.25) is 0 Å². The Morgan fingerprint density at radius 3 is 2.44 bits per heavy atom. The first kappa shape index (κ1) is 19.6. The highest BCUT2D eigenvalue weighted by atomic mass is 14.9. The van der Waals surface area contributed by atoms with Gasteiger partial charge in [-0.1, -0.05) is 98.3 Å². The standard InChI is InChI=1S/C33H27N/c1-4-8-30-24(5-2)28-16-15-27(32-29-9-6-7-10-31(29)34(30)33(28)32)21-12-14-26-23(18-21)19-22-17-20(3)11-13-25(22)26/h5-7,9-18H,2,4,8,19H2,1,3H3. The summed E-state index contributed by atoms with van der Waals surface area (Å²) in [6, 6.07) is 27.5. The number of nitrogens with zero attached hydrogens (tertiary/aromatic N) is 1. The molecule has 164 valence electrons. The van der Waals surface area contributed by atoms with Gasteiger partial charge in [-0.2, -0.15) is 0 Å². The number of hydrogen-bond donors (Lipinski definition) is 0. The minimum absolute atomic E-state index is 1.02. The van der Waals surface area contributed by atoms with Gasteiger partial charge in [-0.15, -0.1) is 0 Å². The highest BCUT2D eigenvalue weighted by Gasteiger charge is 2.24. The molecule has 0 saturated heterocycles. The van der Waals surface area contributed by atoms with Gasteiger partial charge in [0.05, 0.1) is 11.0 Å². The summed E-state index contributed by atoms with van der Waals surface area (Å²) < 4.78 is 2.51. The van der Waals surface area contributed by atoms with Crippen molar-refractivity contribution in [3.05, 3.63) is 107 Å². The highest BCUT2D eigenvalue weighted by Crippen LogP contribution is 2.45. The van der Waals surface area contributed by atoms with Gasteiger partial charge in [0.1, 0.15) is 0 Å². The molecule has 0 aliphatic heterocycles. The molecule has 0 unspecified atom stereocenters. The number of aryl methyl sites for hydroxylation is 2. The fraction of sp³-hybridized carbons (Fsp3) is 0.152. The average molecular weight is 438 g/mol. The Labute approximate surface area is 200 Å². The fourth-order valence-corrected chi connectivity index (χ4v) is 6.33. The van der Waals surface area contributed by atoms with Crippen LogP contribution >= 0.6 is 0 Å². The van der Waals surface area contributed by atoms with E-state index in [2.05, 4.69) is 104 Å². The molecule has 0 amide bonds. The molecule has 0 spiro atoms. The van der Waals surface area contributed by atoms with Gasteiger partial charge in [0.2, 0.25) is 0 Å². The molecule has 1 nitrogen and oxygen atoms in total. The zero-order valence-electron chi connectivity index (χ0n) is 19.8. The minimum atomic E-state index is 1.02. The first-order chi connectivity index (χ1) is 16.7. The van der Waals surface area contributed by atoms with Crippen LogP contribution in [-0.4, -0.2) is 4.40 Å². The van der Waals surface area contributed by atoms with E-state index in [0.717, 1.165) is 19.3 Å². The molecule has 0 bridgehead atoms. The Hall–Kier alpha value is -3.84. The van der Waals surface area contributed by atoms with E-state index in [1.54, 1.807) is 0 Å². The van der Waals surface area contributed by atoms with Gasteiger partial charge in [-0.05, 0) is 59.2 Å². The summed E-state index contributed by atoms with van der Waals surface area (Å²) in [6.45, 7) is 8.62. The molecule has 1 aliphatic rings. The third kappa shape index (κ3) is 2.50. The predicted molar refractivity (Wildman–Crippen MR) is 146 cm³/mol. The molecule has 0 saturated carbocycles. The van der Waals surface area contributed by atoms with Crippen LogP contribution in [0.2, 0.25) is 0 Å². The Bertz CT molecular complexity index is 1760. The maximum Gasteiger partial charge on any atom is 0.0623 e. The third-order valence-electron chi connectivity index (χ3n) is 7.73. The third-order valence-corrected chi connectivity index (χ3v) is 7.73. The van der Waals surface area contributed by atoms with E-state index in [4.69, 9.17) is 0 Å². The summed E-state index contributed by atoms with van der Waals surface area (Å²) in [5.74, 6) is 0. The molecule has 4 aromatic carbocycles. The molecule has 0 N–H and O–H groups in total. The molecule has 7 rings (SSSR count). The largest absolute Gasteiger partial charge is 0.312 e. The van der Waals surface area contributed by atoms with Crippen molar-refractivity contribution >= 4 is 33.3 Å². The van der Waals surface area contributed by atoms with E-state index in [9.17, 15) is 0 Å². The van der Waals surface area contributed by atoms with Crippen molar-refractivity contribution in [2.24, 2.45) is 0 Å². The SMILES string of the molecule is C=Cc1c(CCC)n2c3ccccc3c3c(-c4ccc5c(c4)Cc4cc(C)ccc4-5)ccc1c32. The monoisotopic (exact) mass is 437 g/mol. The van der Waals surface area contributed by atoms with Crippen LogP contribution in [-0.2, 0) is 12.8 Å². The summed E-state index contributed by atoms with van der Waals surface area (Å²) in [5, 5.41) is 4.02. The lowest BCUT2D eigenvalue weighted by molar-refractivity contribution is 0.877. The van der Waals surface area contributed by atoms with Crippen LogP contribution in [0.3, 0.4) is 0 Å². The maximum absolute atomic E-state index is 4.18. The van der Waals surface area contributed by atoms with E-state index in [0.29, 0.717) is 0 Å². The molecular formula is C33H27N. The molecule has 0 radical (unpaired) electrons. The Kier molecular flexibility index (Phi) is 4.08.